The van der Waals surface area contributed by atoms with E-state index in [1.165, 1.54) is 18.2 Å². The van der Waals surface area contributed by atoms with E-state index < -0.39 is 48.2 Å². The third-order valence-corrected chi connectivity index (χ3v) is 4.26. The van der Waals surface area contributed by atoms with Crippen LogP contribution in [0.1, 0.15) is 26.3 Å². The molecule has 11 heteroatoms. The maximum atomic E-state index is 14.3. The van der Waals surface area contributed by atoms with Crippen molar-refractivity contribution in [3.05, 3.63) is 45.0 Å². The minimum absolute atomic E-state index is 0.111. The SMILES string of the molecule is CC(C)(C)OC(=O)N1CC(F)C(N=[N+]=[N-])C1C(=O)NCc1cccc(Cl)c1F. The second-order valence-corrected chi connectivity index (χ2v) is 7.63. The summed E-state index contributed by atoms with van der Waals surface area (Å²) in [6.45, 7) is 4.15. The predicted octanol–water partition coefficient (Wildman–Crippen LogP) is 3.73. The second kappa shape index (κ2) is 8.62. The summed E-state index contributed by atoms with van der Waals surface area (Å²) in [5.74, 6) is -1.50. The molecule has 0 saturated carbocycles. The van der Waals surface area contributed by atoms with Crippen molar-refractivity contribution >= 4 is 23.6 Å². The largest absolute Gasteiger partial charge is 0.444 e. The third kappa shape index (κ3) is 5.02. The molecule has 0 aliphatic carbocycles. The Balaban J connectivity index is 2.22. The fraction of sp³-hybridized carbons (Fsp3) is 0.529. The van der Waals surface area contributed by atoms with E-state index in [0.717, 1.165) is 4.90 Å². The van der Waals surface area contributed by atoms with Crippen LogP contribution in [0.4, 0.5) is 13.6 Å². The summed E-state index contributed by atoms with van der Waals surface area (Å²) in [7, 11) is 0. The van der Waals surface area contributed by atoms with Crippen LogP contribution in [0.2, 0.25) is 5.02 Å². The molecular weight excluding hydrogens is 396 g/mol. The highest BCUT2D eigenvalue weighted by atomic mass is 35.5. The zero-order valence-corrected chi connectivity index (χ0v) is 16.3. The Morgan fingerprint density at radius 3 is 2.75 bits per heavy atom. The first-order chi connectivity index (χ1) is 13.0. The van der Waals surface area contributed by atoms with Crippen LogP contribution in [0, 0.1) is 5.82 Å². The molecule has 0 radical (unpaired) electrons. The summed E-state index contributed by atoms with van der Waals surface area (Å²) in [6, 6.07) is 1.43. The number of carbonyl (C=O) groups is 2. The van der Waals surface area contributed by atoms with Gasteiger partial charge in [-0.1, -0.05) is 28.8 Å². The number of hydrogen-bond donors (Lipinski definition) is 1. The zero-order chi connectivity index (χ0) is 21.1. The predicted molar refractivity (Wildman–Crippen MR) is 97.8 cm³/mol. The van der Waals surface area contributed by atoms with Gasteiger partial charge >= 0.3 is 6.09 Å². The van der Waals surface area contributed by atoms with Gasteiger partial charge in [-0.15, -0.1) is 0 Å². The molecule has 1 fully saturated rings. The minimum Gasteiger partial charge on any atom is -0.444 e. The highest BCUT2D eigenvalue weighted by Crippen LogP contribution is 2.27. The van der Waals surface area contributed by atoms with Crippen molar-refractivity contribution in [2.24, 2.45) is 5.11 Å². The number of nitrogens with zero attached hydrogens (tertiary/aromatic N) is 4. The standard InChI is InChI=1S/C17H20ClF2N5O3/c1-17(2,3)28-16(27)25-8-11(19)13(23-24-21)14(25)15(26)22-7-9-5-4-6-10(18)12(9)20/h4-6,11,13-14H,7-8H2,1-3H3,(H,22,26). The Morgan fingerprint density at radius 1 is 1.46 bits per heavy atom. The molecule has 3 unspecified atom stereocenters. The van der Waals surface area contributed by atoms with Gasteiger partial charge in [0.15, 0.2) is 0 Å². The van der Waals surface area contributed by atoms with Crippen LogP contribution < -0.4 is 5.32 Å². The van der Waals surface area contributed by atoms with Crippen molar-refractivity contribution in [1.29, 1.82) is 0 Å². The van der Waals surface area contributed by atoms with Crippen molar-refractivity contribution in [3.63, 3.8) is 0 Å². The first-order valence-electron chi connectivity index (χ1n) is 8.43. The third-order valence-electron chi connectivity index (χ3n) is 3.97. The summed E-state index contributed by atoms with van der Waals surface area (Å²) >= 11 is 5.70. The first-order valence-corrected chi connectivity index (χ1v) is 8.81. The van der Waals surface area contributed by atoms with Gasteiger partial charge in [-0.25, -0.2) is 13.6 Å². The van der Waals surface area contributed by atoms with Crippen LogP contribution >= 0.6 is 11.6 Å². The van der Waals surface area contributed by atoms with Crippen molar-refractivity contribution in [2.75, 3.05) is 6.54 Å². The van der Waals surface area contributed by atoms with Crippen LogP contribution in [0.5, 0.6) is 0 Å². The molecule has 3 atom stereocenters. The molecule has 1 heterocycles. The van der Waals surface area contributed by atoms with E-state index >= 15 is 0 Å². The Kier molecular flexibility index (Phi) is 6.69. The van der Waals surface area contributed by atoms with Crippen LogP contribution in [-0.2, 0) is 16.1 Å². The Hall–Kier alpha value is -2.58. The number of azide groups is 1. The fourth-order valence-electron chi connectivity index (χ4n) is 2.76. The average Bonchev–Trinajstić information content (AvgIpc) is 2.92. The molecule has 0 spiro atoms. The van der Waals surface area contributed by atoms with Crippen LogP contribution in [-0.4, -0.2) is 47.3 Å². The van der Waals surface area contributed by atoms with Gasteiger partial charge in [0.25, 0.3) is 0 Å². The van der Waals surface area contributed by atoms with E-state index in [4.69, 9.17) is 21.9 Å². The lowest BCUT2D eigenvalue weighted by Gasteiger charge is -2.28. The number of rotatable bonds is 4. The highest BCUT2D eigenvalue weighted by molar-refractivity contribution is 6.30. The van der Waals surface area contributed by atoms with E-state index in [0.29, 0.717) is 0 Å². The lowest BCUT2D eigenvalue weighted by molar-refractivity contribution is -0.126. The molecule has 0 bridgehead atoms. The molecule has 1 aliphatic rings. The van der Waals surface area contributed by atoms with Crippen molar-refractivity contribution in [3.8, 4) is 0 Å². The zero-order valence-electron chi connectivity index (χ0n) is 15.5. The number of carbonyl (C=O) groups excluding carboxylic acids is 2. The van der Waals surface area contributed by atoms with Gasteiger partial charge in [-0.3, -0.25) is 9.69 Å². The van der Waals surface area contributed by atoms with E-state index in [2.05, 4.69) is 15.3 Å². The molecular formula is C17H20ClF2N5O3. The number of likely N-dealkylation sites (tertiary alicyclic amines) is 1. The summed E-state index contributed by atoms with van der Waals surface area (Å²) in [5.41, 5.74) is 7.93. The lowest BCUT2D eigenvalue weighted by Crippen LogP contribution is -2.50. The molecule has 1 saturated heterocycles. The van der Waals surface area contributed by atoms with Gasteiger partial charge in [0.2, 0.25) is 5.91 Å². The number of benzene rings is 1. The molecule has 2 rings (SSSR count). The van der Waals surface area contributed by atoms with Gasteiger partial charge in [0.05, 0.1) is 17.6 Å². The van der Waals surface area contributed by atoms with Crippen molar-refractivity contribution < 1.29 is 23.1 Å². The van der Waals surface area contributed by atoms with Crippen LogP contribution in [0.15, 0.2) is 23.3 Å². The fourth-order valence-corrected chi connectivity index (χ4v) is 2.96. The summed E-state index contributed by atoms with van der Waals surface area (Å²) in [6.07, 6.45) is -2.66. The van der Waals surface area contributed by atoms with Crippen LogP contribution in [0.25, 0.3) is 10.4 Å². The molecule has 28 heavy (non-hydrogen) atoms. The topological polar surface area (TPSA) is 107 Å². The molecule has 8 nitrogen and oxygen atoms in total. The molecule has 1 N–H and O–H groups in total. The van der Waals surface area contributed by atoms with Gasteiger partial charge in [-0.2, -0.15) is 0 Å². The van der Waals surface area contributed by atoms with Crippen molar-refractivity contribution in [2.45, 2.75) is 51.2 Å². The minimum atomic E-state index is -1.75. The Labute approximate surface area is 165 Å². The van der Waals surface area contributed by atoms with E-state index in [1.54, 1.807) is 20.8 Å². The quantitative estimate of drug-likeness (QED) is 0.459. The Morgan fingerprint density at radius 2 is 2.14 bits per heavy atom. The maximum Gasteiger partial charge on any atom is 0.411 e. The number of alkyl halides is 1. The molecule has 1 aromatic rings. The summed E-state index contributed by atoms with van der Waals surface area (Å²) in [5, 5.41) is 5.64. The number of nitrogens with one attached hydrogen (secondary N) is 1. The van der Waals surface area contributed by atoms with Crippen molar-refractivity contribution in [1.82, 2.24) is 10.2 Å². The lowest BCUT2D eigenvalue weighted by atomic mass is 10.1. The van der Waals surface area contributed by atoms with Gasteiger partial charge in [0.1, 0.15) is 23.6 Å². The molecule has 152 valence electrons. The molecule has 1 aliphatic heterocycles. The van der Waals surface area contributed by atoms with Gasteiger partial charge in [0, 0.05) is 17.0 Å². The highest BCUT2D eigenvalue weighted by Gasteiger charge is 2.49. The Bertz CT molecular complexity index is 810. The van der Waals surface area contributed by atoms with Crippen LogP contribution in [0.3, 0.4) is 0 Å². The maximum absolute atomic E-state index is 14.3. The molecule has 0 aromatic heterocycles. The van der Waals surface area contributed by atoms with E-state index in [9.17, 15) is 18.4 Å². The second-order valence-electron chi connectivity index (χ2n) is 7.22. The van der Waals surface area contributed by atoms with Gasteiger partial charge < -0.3 is 10.1 Å². The summed E-state index contributed by atoms with van der Waals surface area (Å²) in [4.78, 5) is 28.5. The monoisotopic (exact) mass is 415 g/mol. The van der Waals surface area contributed by atoms with Gasteiger partial charge in [-0.05, 0) is 32.4 Å². The average molecular weight is 416 g/mol. The number of ether oxygens (including phenoxy) is 1. The molecule has 2 amide bonds. The van der Waals surface area contributed by atoms with E-state index in [-0.39, 0.29) is 17.1 Å². The number of halogens is 3. The molecule has 1 aromatic carbocycles. The van der Waals surface area contributed by atoms with E-state index in [1.807, 2.05) is 0 Å². The number of amides is 2. The summed E-state index contributed by atoms with van der Waals surface area (Å²) < 4.78 is 33.5. The number of hydrogen-bond acceptors (Lipinski definition) is 4. The normalized spacial score (nSPS) is 21.8. The first kappa shape index (κ1) is 21.7. The smallest absolute Gasteiger partial charge is 0.411 e.